The van der Waals surface area contributed by atoms with Crippen molar-refractivity contribution in [1.82, 2.24) is 25.3 Å². The zero-order valence-electron chi connectivity index (χ0n) is 22.1. The molecule has 0 bridgehead atoms. The molecule has 1 atom stereocenters. The van der Waals surface area contributed by atoms with E-state index in [-0.39, 0.29) is 36.6 Å². The summed E-state index contributed by atoms with van der Waals surface area (Å²) in [6.45, 7) is 4.76. The van der Waals surface area contributed by atoms with Gasteiger partial charge in [-0.2, -0.15) is 5.10 Å². The van der Waals surface area contributed by atoms with Gasteiger partial charge < -0.3 is 25.0 Å². The molecule has 10 heteroatoms. The van der Waals surface area contributed by atoms with Crippen LogP contribution in [0.4, 0.5) is 0 Å². The number of aromatic nitrogens is 2. The average molecular weight is 512 g/mol. The van der Waals surface area contributed by atoms with Crippen molar-refractivity contribution in [1.29, 1.82) is 0 Å². The quantitative estimate of drug-likeness (QED) is 0.507. The van der Waals surface area contributed by atoms with E-state index >= 15 is 0 Å². The zero-order chi connectivity index (χ0) is 26.6. The predicted octanol–water partition coefficient (Wildman–Crippen LogP) is 2.90. The number of amides is 3. The van der Waals surface area contributed by atoms with Gasteiger partial charge in [-0.15, -0.1) is 0 Å². The summed E-state index contributed by atoms with van der Waals surface area (Å²) in [5.41, 5.74) is 0.201. The Morgan fingerprint density at radius 3 is 2.54 bits per heavy atom. The summed E-state index contributed by atoms with van der Waals surface area (Å²) >= 11 is 0. The van der Waals surface area contributed by atoms with Gasteiger partial charge in [0.1, 0.15) is 11.2 Å². The van der Waals surface area contributed by atoms with Crippen molar-refractivity contribution in [3.05, 3.63) is 41.2 Å². The number of methoxy groups -OCH3 is 2. The van der Waals surface area contributed by atoms with E-state index in [1.54, 1.807) is 38.2 Å². The largest absolute Gasteiger partial charge is 0.493 e. The number of nitrogens with one attached hydrogen (secondary N) is 2. The number of hydrogen-bond donors (Lipinski definition) is 2. The van der Waals surface area contributed by atoms with Crippen LogP contribution in [0.1, 0.15) is 78.9 Å². The molecule has 3 amide bonds. The van der Waals surface area contributed by atoms with Crippen molar-refractivity contribution < 1.29 is 23.9 Å². The van der Waals surface area contributed by atoms with Gasteiger partial charge in [0.25, 0.3) is 11.8 Å². The molecule has 2 heterocycles. The normalized spacial score (nSPS) is 19.5. The van der Waals surface area contributed by atoms with Gasteiger partial charge >= 0.3 is 0 Å². The molecule has 4 rings (SSSR count). The van der Waals surface area contributed by atoms with Gasteiger partial charge in [-0.3, -0.25) is 19.1 Å². The lowest BCUT2D eigenvalue weighted by Crippen LogP contribution is -2.65. The number of hydrogen-bond acceptors (Lipinski definition) is 6. The van der Waals surface area contributed by atoms with Gasteiger partial charge in [0.15, 0.2) is 17.2 Å². The van der Waals surface area contributed by atoms with Crippen LogP contribution in [0.2, 0.25) is 0 Å². The molecule has 200 valence electrons. The van der Waals surface area contributed by atoms with Crippen LogP contribution < -0.4 is 20.1 Å². The Bertz CT molecular complexity index is 1160. The van der Waals surface area contributed by atoms with Gasteiger partial charge in [0.2, 0.25) is 5.91 Å². The van der Waals surface area contributed by atoms with Crippen LogP contribution in [0.25, 0.3) is 0 Å². The van der Waals surface area contributed by atoms with Crippen LogP contribution in [0, 0.1) is 0 Å². The highest BCUT2D eigenvalue weighted by molar-refractivity contribution is 6.02. The van der Waals surface area contributed by atoms with Gasteiger partial charge in [-0.05, 0) is 43.9 Å². The Labute approximate surface area is 217 Å². The Hall–Kier alpha value is -3.56. The molecule has 1 saturated carbocycles. The fraction of sp³-hybridized carbons (Fsp3) is 0.556. The Morgan fingerprint density at radius 1 is 1.14 bits per heavy atom. The number of fused-ring (bicyclic) bond motifs is 1. The summed E-state index contributed by atoms with van der Waals surface area (Å²) in [5, 5.41) is 10.4. The summed E-state index contributed by atoms with van der Waals surface area (Å²) in [7, 11) is 3.12. The third-order valence-electron chi connectivity index (χ3n) is 7.35. The van der Waals surface area contributed by atoms with Crippen LogP contribution in [-0.2, 0) is 17.9 Å². The van der Waals surface area contributed by atoms with Crippen molar-refractivity contribution in [2.75, 3.05) is 20.8 Å². The zero-order valence-corrected chi connectivity index (χ0v) is 22.1. The van der Waals surface area contributed by atoms with E-state index in [1.165, 1.54) is 10.7 Å². The molecule has 1 aliphatic carbocycles. The third-order valence-corrected chi connectivity index (χ3v) is 7.35. The molecule has 1 fully saturated rings. The first-order valence-corrected chi connectivity index (χ1v) is 13.0. The molecule has 0 radical (unpaired) electrons. The maximum atomic E-state index is 13.6. The SMILES string of the molecule is CCCCN1C(=O)c2cc(C(=O)NCc3ccc(OC)c(OC)c3)nn2CC1(C)C(=O)NC1CCCC1. The van der Waals surface area contributed by atoms with Crippen molar-refractivity contribution >= 4 is 17.7 Å². The summed E-state index contributed by atoms with van der Waals surface area (Å²) in [6.07, 6.45) is 5.80. The first-order chi connectivity index (χ1) is 17.8. The molecule has 1 aliphatic heterocycles. The molecule has 10 nitrogen and oxygen atoms in total. The van der Waals surface area contributed by atoms with E-state index in [9.17, 15) is 14.4 Å². The molecule has 2 N–H and O–H groups in total. The molecule has 0 saturated heterocycles. The van der Waals surface area contributed by atoms with E-state index < -0.39 is 11.4 Å². The molecule has 0 spiro atoms. The standard InChI is InChI=1S/C27H37N5O5/c1-5-6-13-31-25(34)21-15-20(24(33)28-16-18-11-12-22(36-3)23(14-18)37-4)30-32(21)17-27(31,2)26(35)29-19-9-7-8-10-19/h11-12,14-15,19H,5-10,13,16-17H2,1-4H3,(H,28,33)(H,29,35). The molecular weight excluding hydrogens is 474 g/mol. The monoisotopic (exact) mass is 511 g/mol. The van der Waals surface area contributed by atoms with Gasteiger partial charge in [0.05, 0.1) is 20.8 Å². The smallest absolute Gasteiger partial charge is 0.273 e. The first-order valence-electron chi connectivity index (χ1n) is 13.0. The maximum Gasteiger partial charge on any atom is 0.273 e. The summed E-state index contributed by atoms with van der Waals surface area (Å²) in [6, 6.07) is 7.06. The maximum absolute atomic E-state index is 13.6. The lowest BCUT2D eigenvalue weighted by molar-refractivity contribution is -0.133. The Kier molecular flexibility index (Phi) is 8.04. The Balaban J connectivity index is 1.52. The minimum absolute atomic E-state index is 0.139. The third kappa shape index (κ3) is 5.42. The number of benzene rings is 1. The van der Waals surface area contributed by atoms with E-state index in [4.69, 9.17) is 9.47 Å². The number of nitrogens with zero attached hydrogens (tertiary/aromatic N) is 3. The second kappa shape index (κ2) is 11.2. The lowest BCUT2D eigenvalue weighted by atomic mass is 9.94. The van der Waals surface area contributed by atoms with Crippen molar-refractivity contribution in [2.45, 2.75) is 77.0 Å². The molecule has 2 aliphatic rings. The number of rotatable bonds is 10. The molecule has 2 aromatic rings. The van der Waals surface area contributed by atoms with E-state index in [1.807, 2.05) is 6.07 Å². The molecule has 1 unspecified atom stereocenters. The summed E-state index contributed by atoms with van der Waals surface area (Å²) < 4.78 is 12.1. The van der Waals surface area contributed by atoms with Crippen molar-refractivity contribution in [3.63, 3.8) is 0 Å². The number of unbranched alkanes of at least 4 members (excludes halogenated alkanes) is 1. The number of ether oxygens (including phenoxy) is 2. The van der Waals surface area contributed by atoms with Crippen LogP contribution in [-0.4, -0.2) is 64.7 Å². The molecule has 37 heavy (non-hydrogen) atoms. The molecule has 1 aromatic carbocycles. The van der Waals surface area contributed by atoms with Crippen LogP contribution in [0.3, 0.4) is 0 Å². The highest BCUT2D eigenvalue weighted by Crippen LogP contribution is 2.30. The second-order valence-electron chi connectivity index (χ2n) is 9.98. The minimum atomic E-state index is -1.08. The predicted molar refractivity (Wildman–Crippen MR) is 138 cm³/mol. The fourth-order valence-corrected chi connectivity index (χ4v) is 5.09. The van der Waals surface area contributed by atoms with Crippen molar-refractivity contribution in [2.24, 2.45) is 0 Å². The lowest BCUT2D eigenvalue weighted by Gasteiger charge is -2.43. The Morgan fingerprint density at radius 2 is 1.86 bits per heavy atom. The molecular formula is C27H37N5O5. The average Bonchev–Trinajstić information content (AvgIpc) is 3.57. The van der Waals surface area contributed by atoms with E-state index in [0.717, 1.165) is 44.1 Å². The first kappa shape index (κ1) is 26.5. The second-order valence-corrected chi connectivity index (χ2v) is 9.98. The van der Waals surface area contributed by atoms with E-state index in [0.29, 0.717) is 23.7 Å². The number of carbonyl (C=O) groups is 3. The van der Waals surface area contributed by atoms with Crippen LogP contribution >= 0.6 is 0 Å². The topological polar surface area (TPSA) is 115 Å². The minimum Gasteiger partial charge on any atom is -0.493 e. The van der Waals surface area contributed by atoms with Gasteiger partial charge in [0, 0.05) is 25.2 Å². The fourth-order valence-electron chi connectivity index (χ4n) is 5.09. The highest BCUT2D eigenvalue weighted by Gasteiger charge is 2.48. The van der Waals surface area contributed by atoms with Gasteiger partial charge in [-0.1, -0.05) is 32.3 Å². The molecule has 1 aromatic heterocycles. The number of carbonyl (C=O) groups excluding carboxylic acids is 3. The van der Waals surface area contributed by atoms with Crippen molar-refractivity contribution in [3.8, 4) is 11.5 Å². The van der Waals surface area contributed by atoms with Crippen LogP contribution in [0.5, 0.6) is 11.5 Å². The summed E-state index contributed by atoms with van der Waals surface area (Å²) in [4.78, 5) is 41.6. The van der Waals surface area contributed by atoms with Crippen LogP contribution in [0.15, 0.2) is 24.3 Å². The summed E-state index contributed by atoms with van der Waals surface area (Å²) in [5.74, 6) is 0.325. The van der Waals surface area contributed by atoms with Gasteiger partial charge in [-0.25, -0.2) is 0 Å². The highest BCUT2D eigenvalue weighted by atomic mass is 16.5. The van der Waals surface area contributed by atoms with E-state index in [2.05, 4.69) is 22.7 Å².